The third-order valence-electron chi connectivity index (χ3n) is 2.86. The van der Waals surface area contributed by atoms with Crippen LogP contribution in [0.4, 0.5) is 5.69 Å². The second-order valence-electron chi connectivity index (χ2n) is 4.24. The summed E-state index contributed by atoms with van der Waals surface area (Å²) < 4.78 is 36.9. The van der Waals surface area contributed by atoms with Gasteiger partial charge in [0.25, 0.3) is 0 Å². The SMILES string of the molecule is Nc1ccc(CS(=O)(=O)N2CCS(=O)CC2)cc1. The molecule has 7 heteroatoms. The molecule has 0 saturated carbocycles. The van der Waals surface area contributed by atoms with Crippen LogP contribution in [0.2, 0.25) is 0 Å². The summed E-state index contributed by atoms with van der Waals surface area (Å²) in [4.78, 5) is 0. The van der Waals surface area contributed by atoms with Crippen molar-refractivity contribution >= 4 is 26.5 Å². The zero-order chi connectivity index (χ0) is 13.2. The van der Waals surface area contributed by atoms with Crippen LogP contribution in [-0.4, -0.2) is 41.5 Å². The molecule has 1 heterocycles. The highest BCUT2D eigenvalue weighted by Gasteiger charge is 2.26. The molecule has 0 bridgehead atoms. The number of nitrogens with zero attached hydrogens (tertiary/aromatic N) is 1. The number of hydrogen-bond acceptors (Lipinski definition) is 4. The third kappa shape index (κ3) is 3.30. The van der Waals surface area contributed by atoms with E-state index in [9.17, 15) is 12.6 Å². The Labute approximate surface area is 109 Å². The zero-order valence-corrected chi connectivity index (χ0v) is 11.5. The Morgan fingerprint density at radius 3 is 2.28 bits per heavy atom. The van der Waals surface area contributed by atoms with Gasteiger partial charge in [-0.25, -0.2) is 8.42 Å². The fraction of sp³-hybridized carbons (Fsp3) is 0.455. The minimum atomic E-state index is -3.31. The van der Waals surface area contributed by atoms with Crippen molar-refractivity contribution in [2.24, 2.45) is 0 Å². The Morgan fingerprint density at radius 1 is 1.17 bits per heavy atom. The lowest BCUT2D eigenvalue weighted by Crippen LogP contribution is -2.42. The van der Waals surface area contributed by atoms with Gasteiger partial charge >= 0.3 is 0 Å². The Hall–Kier alpha value is -0.920. The average molecular weight is 288 g/mol. The molecule has 1 aliphatic heterocycles. The van der Waals surface area contributed by atoms with E-state index in [0.29, 0.717) is 30.3 Å². The van der Waals surface area contributed by atoms with Gasteiger partial charge in [0.05, 0.1) is 5.75 Å². The first-order valence-electron chi connectivity index (χ1n) is 5.64. The van der Waals surface area contributed by atoms with Crippen molar-refractivity contribution in [1.82, 2.24) is 4.31 Å². The van der Waals surface area contributed by atoms with Gasteiger partial charge in [0.2, 0.25) is 10.0 Å². The maximum Gasteiger partial charge on any atom is 0.218 e. The first-order chi connectivity index (χ1) is 8.47. The van der Waals surface area contributed by atoms with Gasteiger partial charge < -0.3 is 5.73 Å². The fourth-order valence-electron chi connectivity index (χ4n) is 1.82. The van der Waals surface area contributed by atoms with E-state index in [2.05, 4.69) is 0 Å². The lowest BCUT2D eigenvalue weighted by atomic mass is 10.2. The maximum absolute atomic E-state index is 12.1. The van der Waals surface area contributed by atoms with E-state index in [1.807, 2.05) is 0 Å². The molecule has 1 saturated heterocycles. The molecule has 2 N–H and O–H groups in total. The number of sulfonamides is 1. The molecule has 0 atom stereocenters. The second kappa shape index (κ2) is 5.38. The van der Waals surface area contributed by atoms with E-state index in [-0.39, 0.29) is 5.75 Å². The number of anilines is 1. The molecule has 0 unspecified atom stereocenters. The normalized spacial score (nSPS) is 18.9. The summed E-state index contributed by atoms with van der Waals surface area (Å²) in [6.45, 7) is 0.702. The number of nitrogen functional groups attached to an aromatic ring is 1. The first kappa shape index (κ1) is 13.5. The smallest absolute Gasteiger partial charge is 0.218 e. The average Bonchev–Trinajstić information content (AvgIpc) is 2.32. The van der Waals surface area contributed by atoms with Crippen molar-refractivity contribution in [3.8, 4) is 0 Å². The van der Waals surface area contributed by atoms with Crippen LogP contribution in [0.3, 0.4) is 0 Å². The van der Waals surface area contributed by atoms with Crippen LogP contribution in [-0.2, 0) is 26.6 Å². The monoisotopic (exact) mass is 288 g/mol. The van der Waals surface area contributed by atoms with Gasteiger partial charge in [-0.3, -0.25) is 4.21 Å². The molecule has 100 valence electrons. The zero-order valence-electron chi connectivity index (χ0n) is 9.91. The fourth-order valence-corrected chi connectivity index (χ4v) is 4.63. The van der Waals surface area contributed by atoms with Gasteiger partial charge in [-0.15, -0.1) is 0 Å². The summed E-state index contributed by atoms with van der Waals surface area (Å²) in [6, 6.07) is 6.82. The van der Waals surface area contributed by atoms with E-state index < -0.39 is 20.8 Å². The molecule has 0 radical (unpaired) electrons. The Morgan fingerprint density at radius 2 is 1.72 bits per heavy atom. The van der Waals surface area contributed by atoms with Crippen LogP contribution < -0.4 is 5.73 Å². The van der Waals surface area contributed by atoms with E-state index in [0.717, 1.165) is 5.56 Å². The van der Waals surface area contributed by atoms with Gasteiger partial charge in [0.15, 0.2) is 0 Å². The lowest BCUT2D eigenvalue weighted by molar-refractivity contribution is 0.438. The Balaban J connectivity index is 2.07. The Kier molecular flexibility index (Phi) is 4.04. The summed E-state index contributed by atoms with van der Waals surface area (Å²) >= 11 is 0. The first-order valence-corrected chi connectivity index (χ1v) is 8.74. The lowest BCUT2D eigenvalue weighted by Gasteiger charge is -2.25. The summed E-state index contributed by atoms with van der Waals surface area (Å²) in [5.41, 5.74) is 6.89. The molecular formula is C11H16N2O3S2. The summed E-state index contributed by atoms with van der Waals surface area (Å²) in [6.07, 6.45) is 0. The molecule has 2 rings (SSSR count). The van der Waals surface area contributed by atoms with Gasteiger partial charge in [-0.05, 0) is 17.7 Å². The number of nitrogens with two attached hydrogens (primary N) is 1. The summed E-state index contributed by atoms with van der Waals surface area (Å²) in [5, 5.41) is 0. The number of benzene rings is 1. The van der Waals surface area contributed by atoms with Crippen molar-refractivity contribution in [2.75, 3.05) is 30.3 Å². The second-order valence-corrected chi connectivity index (χ2v) is 7.91. The van der Waals surface area contributed by atoms with Crippen LogP contribution in [0.5, 0.6) is 0 Å². The molecule has 1 aromatic rings. The topological polar surface area (TPSA) is 80.5 Å². The minimum absolute atomic E-state index is 0.0279. The van der Waals surface area contributed by atoms with Crippen molar-refractivity contribution in [3.63, 3.8) is 0 Å². The molecular weight excluding hydrogens is 272 g/mol. The largest absolute Gasteiger partial charge is 0.399 e. The quantitative estimate of drug-likeness (QED) is 0.804. The third-order valence-corrected chi connectivity index (χ3v) is 5.98. The van der Waals surface area contributed by atoms with Crippen molar-refractivity contribution in [1.29, 1.82) is 0 Å². The van der Waals surface area contributed by atoms with Crippen LogP contribution in [0, 0.1) is 0 Å². The summed E-state index contributed by atoms with van der Waals surface area (Å²) in [5.74, 6) is 0.835. The molecule has 0 amide bonds. The Bertz CT molecular complexity index is 530. The van der Waals surface area contributed by atoms with E-state index in [1.165, 1.54) is 4.31 Å². The maximum atomic E-state index is 12.1. The van der Waals surface area contributed by atoms with Gasteiger partial charge in [0.1, 0.15) is 0 Å². The highest BCUT2D eigenvalue weighted by atomic mass is 32.2. The molecule has 0 aliphatic carbocycles. The molecule has 5 nitrogen and oxygen atoms in total. The van der Waals surface area contributed by atoms with Gasteiger partial charge in [-0.2, -0.15) is 4.31 Å². The molecule has 0 aromatic heterocycles. The molecule has 1 aromatic carbocycles. The van der Waals surface area contributed by atoms with Crippen molar-refractivity contribution < 1.29 is 12.6 Å². The van der Waals surface area contributed by atoms with Gasteiger partial charge in [0, 0.05) is 41.1 Å². The molecule has 1 aliphatic rings. The predicted octanol–water partition coefficient (Wildman–Crippen LogP) is 0.163. The highest BCUT2D eigenvalue weighted by Crippen LogP contribution is 2.14. The van der Waals surface area contributed by atoms with Crippen molar-refractivity contribution in [3.05, 3.63) is 29.8 Å². The van der Waals surface area contributed by atoms with Crippen LogP contribution in [0.25, 0.3) is 0 Å². The molecule has 1 fully saturated rings. The standard InChI is InChI=1S/C11H16N2O3S2/c12-11-3-1-10(2-4-11)9-18(15,16)13-5-7-17(14)8-6-13/h1-4H,5-9,12H2. The highest BCUT2D eigenvalue weighted by molar-refractivity contribution is 7.88. The number of hydrogen-bond donors (Lipinski definition) is 1. The van der Waals surface area contributed by atoms with Crippen LogP contribution in [0.1, 0.15) is 5.56 Å². The molecule has 0 spiro atoms. The van der Waals surface area contributed by atoms with Crippen LogP contribution >= 0.6 is 0 Å². The summed E-state index contributed by atoms with van der Waals surface area (Å²) in [7, 11) is -4.18. The predicted molar refractivity (Wildman–Crippen MR) is 72.9 cm³/mol. The van der Waals surface area contributed by atoms with Crippen molar-refractivity contribution in [2.45, 2.75) is 5.75 Å². The van der Waals surface area contributed by atoms with E-state index in [1.54, 1.807) is 24.3 Å². The van der Waals surface area contributed by atoms with Crippen LogP contribution in [0.15, 0.2) is 24.3 Å². The van der Waals surface area contributed by atoms with Gasteiger partial charge in [-0.1, -0.05) is 12.1 Å². The number of rotatable bonds is 3. The van der Waals surface area contributed by atoms with E-state index >= 15 is 0 Å². The van der Waals surface area contributed by atoms with E-state index in [4.69, 9.17) is 5.73 Å². The minimum Gasteiger partial charge on any atom is -0.399 e. The molecule has 18 heavy (non-hydrogen) atoms.